The summed E-state index contributed by atoms with van der Waals surface area (Å²) in [7, 11) is -3.14. The zero-order valence-corrected chi connectivity index (χ0v) is 19.4. The molecule has 2 aliphatic rings. The molecule has 1 amide bonds. The van der Waals surface area contributed by atoms with Crippen LogP contribution in [0.3, 0.4) is 0 Å². The molecule has 2 fully saturated rings. The second kappa shape index (κ2) is 10.5. The topological polar surface area (TPSA) is 91.4 Å². The number of nitrogens with zero attached hydrogens (tertiary/aromatic N) is 1. The number of carbonyl (C=O) groups is 1. The van der Waals surface area contributed by atoms with Crippen LogP contribution in [-0.2, 0) is 14.6 Å². The van der Waals surface area contributed by atoms with Crippen LogP contribution in [0.15, 0.2) is 12.1 Å². The Kier molecular flexibility index (Phi) is 8.05. The van der Waals surface area contributed by atoms with Gasteiger partial charge in [-0.1, -0.05) is 0 Å². The SMILES string of the molecule is CCOc1cc(C(=O)N(CC2CCCO2)C2CCS(=O)(=O)C2)cc(OCC)c1OCC. The fourth-order valence-corrected chi connectivity index (χ4v) is 5.84. The van der Waals surface area contributed by atoms with Gasteiger partial charge in [0.15, 0.2) is 21.3 Å². The average molecular weight is 456 g/mol. The van der Waals surface area contributed by atoms with Gasteiger partial charge in [0.25, 0.3) is 5.91 Å². The lowest BCUT2D eigenvalue weighted by atomic mass is 10.1. The monoisotopic (exact) mass is 455 g/mol. The summed E-state index contributed by atoms with van der Waals surface area (Å²) in [5.74, 6) is 1.19. The molecule has 2 atom stereocenters. The van der Waals surface area contributed by atoms with Crippen LogP contribution < -0.4 is 14.2 Å². The maximum atomic E-state index is 13.6. The lowest BCUT2D eigenvalue weighted by molar-refractivity contribution is 0.0440. The first-order valence-electron chi connectivity index (χ1n) is 11.1. The van der Waals surface area contributed by atoms with Crippen LogP contribution >= 0.6 is 0 Å². The second-order valence-corrected chi connectivity index (χ2v) is 9.98. The van der Waals surface area contributed by atoms with E-state index in [2.05, 4.69) is 0 Å². The Morgan fingerprint density at radius 1 is 1.06 bits per heavy atom. The van der Waals surface area contributed by atoms with Crippen LogP contribution in [0, 0.1) is 0 Å². The van der Waals surface area contributed by atoms with Crippen molar-refractivity contribution in [2.24, 2.45) is 0 Å². The van der Waals surface area contributed by atoms with Crippen LogP contribution in [0.5, 0.6) is 17.2 Å². The molecule has 2 unspecified atom stereocenters. The van der Waals surface area contributed by atoms with Gasteiger partial charge >= 0.3 is 0 Å². The van der Waals surface area contributed by atoms with Crippen LogP contribution in [0.2, 0.25) is 0 Å². The summed E-state index contributed by atoms with van der Waals surface area (Å²) < 4.78 is 47.2. The van der Waals surface area contributed by atoms with Crippen molar-refractivity contribution >= 4 is 15.7 Å². The smallest absolute Gasteiger partial charge is 0.254 e. The first-order chi connectivity index (χ1) is 14.9. The van der Waals surface area contributed by atoms with Crippen LogP contribution in [0.1, 0.15) is 50.4 Å². The molecule has 0 aromatic heterocycles. The van der Waals surface area contributed by atoms with Gasteiger partial charge in [-0.2, -0.15) is 0 Å². The number of benzene rings is 1. The van der Waals surface area contributed by atoms with Gasteiger partial charge in [0.05, 0.1) is 37.4 Å². The minimum atomic E-state index is -3.14. The number of rotatable bonds is 10. The third kappa shape index (κ3) is 5.83. The lowest BCUT2D eigenvalue weighted by Crippen LogP contribution is -2.45. The van der Waals surface area contributed by atoms with E-state index in [9.17, 15) is 13.2 Å². The van der Waals surface area contributed by atoms with Crippen LogP contribution in [0.25, 0.3) is 0 Å². The summed E-state index contributed by atoms with van der Waals surface area (Å²) in [6.07, 6.45) is 2.17. The molecule has 0 saturated carbocycles. The van der Waals surface area contributed by atoms with Gasteiger partial charge in [-0.3, -0.25) is 4.79 Å². The molecule has 0 bridgehead atoms. The normalized spacial score (nSPS) is 22.3. The van der Waals surface area contributed by atoms with E-state index in [1.54, 1.807) is 17.0 Å². The number of carbonyl (C=O) groups excluding carboxylic acids is 1. The number of sulfone groups is 1. The third-order valence-corrected chi connectivity index (χ3v) is 7.24. The molecule has 31 heavy (non-hydrogen) atoms. The van der Waals surface area contributed by atoms with Crippen molar-refractivity contribution < 1.29 is 32.2 Å². The van der Waals surface area contributed by atoms with E-state index in [0.717, 1.165) is 12.8 Å². The van der Waals surface area contributed by atoms with E-state index in [4.69, 9.17) is 18.9 Å². The quantitative estimate of drug-likeness (QED) is 0.536. The summed E-state index contributed by atoms with van der Waals surface area (Å²) in [5, 5.41) is 0. The number of hydrogen-bond donors (Lipinski definition) is 0. The highest BCUT2D eigenvalue weighted by Crippen LogP contribution is 2.40. The molecule has 8 nitrogen and oxygen atoms in total. The van der Waals surface area contributed by atoms with Gasteiger partial charge in [-0.05, 0) is 52.2 Å². The number of ether oxygens (including phenoxy) is 4. The Morgan fingerprint density at radius 2 is 1.71 bits per heavy atom. The summed E-state index contributed by atoms with van der Waals surface area (Å²) in [5.41, 5.74) is 0.387. The maximum absolute atomic E-state index is 13.6. The molecule has 174 valence electrons. The van der Waals surface area contributed by atoms with Crippen molar-refractivity contribution in [2.75, 3.05) is 44.5 Å². The Bertz CT molecular complexity index is 838. The van der Waals surface area contributed by atoms with E-state index in [0.29, 0.717) is 62.2 Å². The van der Waals surface area contributed by atoms with Crippen molar-refractivity contribution in [2.45, 2.75) is 52.2 Å². The highest BCUT2D eigenvalue weighted by Gasteiger charge is 2.37. The largest absolute Gasteiger partial charge is 0.490 e. The second-order valence-electron chi connectivity index (χ2n) is 7.75. The van der Waals surface area contributed by atoms with E-state index in [1.807, 2.05) is 20.8 Å². The molecular formula is C22H33NO7S. The molecule has 1 aromatic rings. The van der Waals surface area contributed by atoms with Gasteiger partial charge < -0.3 is 23.8 Å². The minimum Gasteiger partial charge on any atom is -0.490 e. The molecule has 1 aromatic carbocycles. The molecule has 0 spiro atoms. The van der Waals surface area contributed by atoms with Crippen molar-refractivity contribution in [1.82, 2.24) is 4.90 Å². The molecule has 3 rings (SSSR count). The first-order valence-corrected chi connectivity index (χ1v) is 12.9. The standard InChI is InChI=1S/C22H33NO7S/c1-4-27-19-12-16(13-20(28-5-2)21(19)29-6-3)22(24)23(14-18-8-7-10-30-18)17-9-11-31(25,26)15-17/h12-13,17-18H,4-11,14-15H2,1-3H3. The zero-order chi connectivity index (χ0) is 22.4. The van der Waals surface area contributed by atoms with Gasteiger partial charge in [0, 0.05) is 24.8 Å². The van der Waals surface area contributed by atoms with Gasteiger partial charge in [0.2, 0.25) is 5.75 Å². The molecule has 2 heterocycles. The lowest BCUT2D eigenvalue weighted by Gasteiger charge is -2.31. The van der Waals surface area contributed by atoms with Crippen molar-refractivity contribution in [1.29, 1.82) is 0 Å². The van der Waals surface area contributed by atoms with E-state index in [-0.39, 0.29) is 29.6 Å². The van der Waals surface area contributed by atoms with E-state index in [1.165, 1.54) is 0 Å². The van der Waals surface area contributed by atoms with Crippen LogP contribution in [0.4, 0.5) is 0 Å². The minimum absolute atomic E-state index is 0.0148. The van der Waals surface area contributed by atoms with Crippen molar-refractivity contribution in [3.63, 3.8) is 0 Å². The molecule has 0 aliphatic carbocycles. The highest BCUT2D eigenvalue weighted by molar-refractivity contribution is 7.91. The number of hydrogen-bond acceptors (Lipinski definition) is 7. The van der Waals surface area contributed by atoms with Crippen molar-refractivity contribution in [3.05, 3.63) is 17.7 Å². The average Bonchev–Trinajstić information content (AvgIpc) is 3.37. The third-order valence-electron chi connectivity index (χ3n) is 5.49. The van der Waals surface area contributed by atoms with E-state index >= 15 is 0 Å². The Hall–Kier alpha value is -2.00. The molecule has 9 heteroatoms. The van der Waals surface area contributed by atoms with Crippen molar-refractivity contribution in [3.8, 4) is 17.2 Å². The van der Waals surface area contributed by atoms with Crippen LogP contribution in [-0.4, -0.2) is 75.8 Å². The highest BCUT2D eigenvalue weighted by atomic mass is 32.2. The molecule has 2 saturated heterocycles. The van der Waals surface area contributed by atoms with Gasteiger partial charge in [-0.15, -0.1) is 0 Å². The van der Waals surface area contributed by atoms with E-state index < -0.39 is 9.84 Å². The molecular weight excluding hydrogens is 422 g/mol. The summed E-state index contributed by atoms with van der Waals surface area (Å²) >= 11 is 0. The fraction of sp³-hybridized carbons (Fsp3) is 0.682. The first kappa shape index (κ1) is 23.7. The Labute approximate surface area is 184 Å². The number of amides is 1. The van der Waals surface area contributed by atoms with Gasteiger partial charge in [-0.25, -0.2) is 8.42 Å². The molecule has 0 radical (unpaired) electrons. The summed E-state index contributed by atoms with van der Waals surface area (Å²) in [6, 6.07) is 2.95. The molecule has 2 aliphatic heterocycles. The maximum Gasteiger partial charge on any atom is 0.254 e. The fourth-order valence-electron chi connectivity index (χ4n) is 4.10. The Morgan fingerprint density at radius 3 is 2.19 bits per heavy atom. The predicted molar refractivity (Wildman–Crippen MR) is 117 cm³/mol. The molecule has 0 N–H and O–H groups in total. The summed E-state index contributed by atoms with van der Waals surface area (Å²) in [6.45, 7) is 7.87. The zero-order valence-electron chi connectivity index (χ0n) is 18.6. The summed E-state index contributed by atoms with van der Waals surface area (Å²) in [4.78, 5) is 15.3. The van der Waals surface area contributed by atoms with Gasteiger partial charge in [0.1, 0.15) is 0 Å². The predicted octanol–water partition coefficient (Wildman–Crippen LogP) is 2.69. The Balaban J connectivity index is 1.96.